The highest BCUT2D eigenvalue weighted by Crippen LogP contribution is 2.23. The van der Waals surface area contributed by atoms with E-state index < -0.39 is 22.0 Å². The molecule has 0 aliphatic heterocycles. The lowest BCUT2D eigenvalue weighted by Gasteiger charge is -2.19. The van der Waals surface area contributed by atoms with Gasteiger partial charge in [0.15, 0.2) is 0 Å². The summed E-state index contributed by atoms with van der Waals surface area (Å²) in [5.74, 6) is -0.412. The zero-order valence-electron chi connectivity index (χ0n) is 15.8. The number of benzene rings is 2. The van der Waals surface area contributed by atoms with Crippen LogP contribution >= 0.6 is 0 Å². The molecule has 0 spiro atoms. The summed E-state index contributed by atoms with van der Waals surface area (Å²) in [6.45, 7) is 9.63. The maximum Gasteiger partial charge on any atom is 0.242 e. The van der Waals surface area contributed by atoms with Crippen molar-refractivity contribution in [3.63, 3.8) is 0 Å². The SMILES string of the molecule is Cc1cccc(NC(=O)[C@H](C)NS(=O)(=O)c2ccc(C(C)(C)C)cc2)c1. The molecule has 0 unspecified atom stereocenters. The number of hydrogen-bond acceptors (Lipinski definition) is 3. The molecule has 6 heteroatoms. The first-order chi connectivity index (χ1) is 12.0. The van der Waals surface area contributed by atoms with Crippen molar-refractivity contribution < 1.29 is 13.2 Å². The first kappa shape index (κ1) is 20.1. The first-order valence-electron chi connectivity index (χ1n) is 8.49. The molecule has 0 bridgehead atoms. The van der Waals surface area contributed by atoms with E-state index in [9.17, 15) is 13.2 Å². The lowest BCUT2D eigenvalue weighted by molar-refractivity contribution is -0.117. The monoisotopic (exact) mass is 374 g/mol. The molecule has 2 aromatic carbocycles. The van der Waals surface area contributed by atoms with Crippen LogP contribution in [-0.4, -0.2) is 20.4 Å². The smallest absolute Gasteiger partial charge is 0.242 e. The third-order valence-corrected chi connectivity index (χ3v) is 5.60. The van der Waals surface area contributed by atoms with Crippen LogP contribution in [0.4, 0.5) is 5.69 Å². The lowest BCUT2D eigenvalue weighted by atomic mass is 9.87. The van der Waals surface area contributed by atoms with Gasteiger partial charge < -0.3 is 5.32 Å². The third-order valence-electron chi connectivity index (χ3n) is 4.04. The summed E-state index contributed by atoms with van der Waals surface area (Å²) in [5, 5.41) is 2.72. The molecule has 1 atom stereocenters. The Balaban J connectivity index is 2.09. The van der Waals surface area contributed by atoms with Gasteiger partial charge >= 0.3 is 0 Å². The van der Waals surface area contributed by atoms with Crippen LogP contribution < -0.4 is 10.0 Å². The minimum absolute atomic E-state index is 0.0588. The van der Waals surface area contributed by atoms with E-state index in [0.29, 0.717) is 5.69 Å². The van der Waals surface area contributed by atoms with Crippen LogP contribution in [0.2, 0.25) is 0 Å². The summed E-state index contributed by atoms with van der Waals surface area (Å²) >= 11 is 0. The minimum atomic E-state index is -3.78. The molecule has 1 amide bonds. The molecular weight excluding hydrogens is 348 g/mol. The number of anilines is 1. The van der Waals surface area contributed by atoms with Gasteiger partial charge in [-0.05, 0) is 54.7 Å². The van der Waals surface area contributed by atoms with Gasteiger partial charge in [-0.3, -0.25) is 4.79 Å². The largest absolute Gasteiger partial charge is 0.325 e. The van der Waals surface area contributed by atoms with Crippen molar-refractivity contribution in [2.24, 2.45) is 0 Å². The number of hydrogen-bond donors (Lipinski definition) is 2. The van der Waals surface area contributed by atoms with E-state index in [1.54, 1.807) is 30.3 Å². The second kappa shape index (κ2) is 7.60. The van der Waals surface area contributed by atoms with Gasteiger partial charge in [0.1, 0.15) is 0 Å². The molecule has 0 fully saturated rings. The zero-order valence-corrected chi connectivity index (χ0v) is 16.6. The van der Waals surface area contributed by atoms with Crippen LogP contribution in [-0.2, 0) is 20.2 Å². The van der Waals surface area contributed by atoms with Crippen LogP contribution in [0.25, 0.3) is 0 Å². The summed E-state index contributed by atoms with van der Waals surface area (Å²) < 4.78 is 27.5. The van der Waals surface area contributed by atoms with Crippen molar-refractivity contribution >= 4 is 21.6 Å². The predicted octanol–water partition coefficient (Wildman–Crippen LogP) is 3.60. The van der Waals surface area contributed by atoms with E-state index in [4.69, 9.17) is 0 Å². The Morgan fingerprint density at radius 1 is 1.04 bits per heavy atom. The second-order valence-electron chi connectivity index (χ2n) is 7.48. The number of sulfonamides is 1. The Morgan fingerprint density at radius 2 is 1.65 bits per heavy atom. The van der Waals surface area contributed by atoms with E-state index in [-0.39, 0.29) is 10.3 Å². The van der Waals surface area contributed by atoms with Crippen molar-refractivity contribution in [3.05, 3.63) is 59.7 Å². The minimum Gasteiger partial charge on any atom is -0.325 e. The second-order valence-corrected chi connectivity index (χ2v) is 9.19. The number of nitrogens with one attached hydrogen (secondary N) is 2. The van der Waals surface area contributed by atoms with E-state index in [1.807, 2.05) is 25.1 Å². The fourth-order valence-electron chi connectivity index (χ4n) is 2.46. The van der Waals surface area contributed by atoms with Crippen molar-refractivity contribution in [1.29, 1.82) is 0 Å². The van der Waals surface area contributed by atoms with Crippen LogP contribution in [0.1, 0.15) is 38.8 Å². The summed E-state index contributed by atoms with van der Waals surface area (Å²) in [5.41, 5.74) is 2.63. The molecule has 0 aromatic heterocycles. The van der Waals surface area contributed by atoms with Crippen molar-refractivity contribution in [3.8, 4) is 0 Å². The molecule has 2 aromatic rings. The van der Waals surface area contributed by atoms with Crippen molar-refractivity contribution in [2.75, 3.05) is 5.32 Å². The zero-order chi connectivity index (χ0) is 19.5. The highest BCUT2D eigenvalue weighted by Gasteiger charge is 2.23. The number of rotatable bonds is 5. The summed E-state index contributed by atoms with van der Waals surface area (Å²) in [4.78, 5) is 12.4. The molecule has 26 heavy (non-hydrogen) atoms. The molecule has 0 aliphatic rings. The molecule has 140 valence electrons. The quantitative estimate of drug-likeness (QED) is 0.840. The average molecular weight is 375 g/mol. The molecule has 0 saturated heterocycles. The van der Waals surface area contributed by atoms with Gasteiger partial charge in [0.05, 0.1) is 10.9 Å². The molecular formula is C20H26N2O3S. The maximum absolute atomic E-state index is 12.5. The predicted molar refractivity (Wildman–Crippen MR) is 105 cm³/mol. The summed E-state index contributed by atoms with van der Waals surface area (Å²) in [7, 11) is -3.78. The van der Waals surface area contributed by atoms with Gasteiger partial charge in [-0.1, -0.05) is 45.0 Å². The average Bonchev–Trinajstić information content (AvgIpc) is 2.53. The molecule has 0 saturated carbocycles. The van der Waals surface area contributed by atoms with E-state index in [2.05, 4.69) is 30.8 Å². The Morgan fingerprint density at radius 3 is 2.19 bits per heavy atom. The summed E-state index contributed by atoms with van der Waals surface area (Å²) in [6, 6.07) is 13.2. The normalized spacial score (nSPS) is 13.3. The molecule has 0 heterocycles. The Bertz CT molecular complexity index is 882. The van der Waals surface area contributed by atoms with Gasteiger partial charge in [0.25, 0.3) is 0 Å². The third kappa shape index (κ3) is 5.16. The van der Waals surface area contributed by atoms with Gasteiger partial charge in [-0.2, -0.15) is 4.72 Å². The highest BCUT2D eigenvalue weighted by atomic mass is 32.2. The number of amides is 1. The Hall–Kier alpha value is -2.18. The van der Waals surface area contributed by atoms with E-state index in [1.165, 1.54) is 6.92 Å². The van der Waals surface area contributed by atoms with E-state index in [0.717, 1.165) is 11.1 Å². The summed E-state index contributed by atoms with van der Waals surface area (Å²) in [6.07, 6.45) is 0. The fourth-order valence-corrected chi connectivity index (χ4v) is 3.66. The lowest BCUT2D eigenvalue weighted by Crippen LogP contribution is -2.41. The van der Waals surface area contributed by atoms with Crippen molar-refractivity contribution in [2.45, 2.75) is 51.0 Å². The molecule has 5 nitrogen and oxygen atoms in total. The molecule has 2 rings (SSSR count). The van der Waals surface area contributed by atoms with Gasteiger partial charge in [-0.25, -0.2) is 8.42 Å². The Labute approximate surface area is 155 Å². The number of aryl methyl sites for hydroxylation is 1. The first-order valence-corrected chi connectivity index (χ1v) is 9.98. The van der Waals surface area contributed by atoms with Crippen molar-refractivity contribution in [1.82, 2.24) is 4.72 Å². The van der Waals surface area contributed by atoms with E-state index >= 15 is 0 Å². The molecule has 2 N–H and O–H groups in total. The topological polar surface area (TPSA) is 75.3 Å². The van der Waals surface area contributed by atoms with Gasteiger partial charge in [-0.15, -0.1) is 0 Å². The number of carbonyl (C=O) groups is 1. The fraction of sp³-hybridized carbons (Fsp3) is 0.350. The van der Waals surface area contributed by atoms with Gasteiger partial charge in [0, 0.05) is 5.69 Å². The standard InChI is InChI=1S/C20H26N2O3S/c1-14-7-6-8-17(13-14)21-19(23)15(2)22-26(24,25)18-11-9-16(10-12-18)20(3,4)5/h6-13,15,22H,1-5H3,(H,21,23)/t15-/m0/s1. The maximum atomic E-state index is 12.5. The van der Waals surface area contributed by atoms with Crippen LogP contribution in [0.3, 0.4) is 0 Å². The van der Waals surface area contributed by atoms with Crippen LogP contribution in [0, 0.1) is 6.92 Å². The number of carbonyl (C=O) groups excluding carboxylic acids is 1. The van der Waals surface area contributed by atoms with Crippen LogP contribution in [0.5, 0.6) is 0 Å². The Kier molecular flexibility index (Phi) is 5.88. The van der Waals surface area contributed by atoms with Crippen LogP contribution in [0.15, 0.2) is 53.4 Å². The van der Waals surface area contributed by atoms with Gasteiger partial charge in [0.2, 0.25) is 15.9 Å². The molecule has 0 radical (unpaired) electrons. The highest BCUT2D eigenvalue weighted by molar-refractivity contribution is 7.89. The molecule has 0 aliphatic carbocycles.